The Labute approximate surface area is 180 Å². The SMILES string of the molecule is Cc1cnc(Nc2ccnn2C)nc1-c1coc(C(=O)NCc2cccc(Br)c2)n1. The molecule has 0 saturated heterocycles. The highest BCUT2D eigenvalue weighted by Crippen LogP contribution is 2.22. The molecular formula is C20H18BrN7O2. The van der Waals surface area contributed by atoms with Crippen LogP contribution in [0.4, 0.5) is 11.8 Å². The summed E-state index contributed by atoms with van der Waals surface area (Å²) in [6.07, 6.45) is 4.77. The second kappa shape index (κ2) is 8.46. The summed E-state index contributed by atoms with van der Waals surface area (Å²) in [6.45, 7) is 2.23. The van der Waals surface area contributed by atoms with Crippen molar-refractivity contribution in [3.05, 3.63) is 70.5 Å². The van der Waals surface area contributed by atoms with E-state index in [1.54, 1.807) is 17.1 Å². The zero-order valence-electron chi connectivity index (χ0n) is 16.3. The molecule has 1 aromatic carbocycles. The molecule has 0 saturated carbocycles. The molecule has 4 aromatic rings. The maximum absolute atomic E-state index is 12.4. The van der Waals surface area contributed by atoms with Crippen molar-refractivity contribution in [3.63, 3.8) is 0 Å². The number of rotatable bonds is 6. The predicted octanol–water partition coefficient (Wildman–Crippen LogP) is 3.61. The number of aromatic nitrogens is 5. The monoisotopic (exact) mass is 467 g/mol. The molecule has 9 nitrogen and oxygen atoms in total. The molecule has 0 bridgehead atoms. The van der Waals surface area contributed by atoms with E-state index in [2.05, 4.69) is 46.6 Å². The molecule has 0 atom stereocenters. The third-order valence-electron chi connectivity index (χ3n) is 4.32. The van der Waals surface area contributed by atoms with Gasteiger partial charge < -0.3 is 15.1 Å². The zero-order chi connectivity index (χ0) is 21.1. The lowest BCUT2D eigenvalue weighted by Crippen LogP contribution is -2.23. The van der Waals surface area contributed by atoms with E-state index < -0.39 is 5.91 Å². The second-order valence-corrected chi connectivity index (χ2v) is 7.46. The van der Waals surface area contributed by atoms with Gasteiger partial charge in [-0.15, -0.1) is 0 Å². The van der Waals surface area contributed by atoms with E-state index in [-0.39, 0.29) is 5.89 Å². The molecule has 4 rings (SSSR count). The van der Waals surface area contributed by atoms with Crippen LogP contribution in [0.2, 0.25) is 0 Å². The van der Waals surface area contributed by atoms with Crippen LogP contribution in [0.3, 0.4) is 0 Å². The second-order valence-electron chi connectivity index (χ2n) is 6.54. The van der Waals surface area contributed by atoms with Crippen LogP contribution in [-0.2, 0) is 13.6 Å². The fraction of sp³-hybridized carbons (Fsp3) is 0.150. The normalized spacial score (nSPS) is 10.8. The van der Waals surface area contributed by atoms with Crippen molar-refractivity contribution in [2.45, 2.75) is 13.5 Å². The third kappa shape index (κ3) is 4.38. The molecule has 152 valence electrons. The minimum Gasteiger partial charge on any atom is -0.440 e. The molecule has 0 aliphatic heterocycles. The summed E-state index contributed by atoms with van der Waals surface area (Å²) in [5, 5.41) is 10.00. The van der Waals surface area contributed by atoms with E-state index in [9.17, 15) is 4.79 Å². The minimum absolute atomic E-state index is 0.0286. The molecule has 0 fully saturated rings. The minimum atomic E-state index is -0.402. The Morgan fingerprint density at radius 2 is 2.13 bits per heavy atom. The Hall–Kier alpha value is -3.53. The molecule has 3 aromatic heterocycles. The van der Waals surface area contributed by atoms with Gasteiger partial charge in [0.25, 0.3) is 5.89 Å². The van der Waals surface area contributed by atoms with Crippen LogP contribution in [0.1, 0.15) is 21.8 Å². The van der Waals surface area contributed by atoms with Gasteiger partial charge in [0.2, 0.25) is 5.95 Å². The lowest BCUT2D eigenvalue weighted by molar-refractivity contribution is 0.0916. The number of aryl methyl sites for hydroxylation is 2. The van der Waals surface area contributed by atoms with Crippen molar-refractivity contribution >= 4 is 33.6 Å². The number of hydrogen-bond donors (Lipinski definition) is 2. The summed E-state index contributed by atoms with van der Waals surface area (Å²) in [7, 11) is 1.81. The van der Waals surface area contributed by atoms with Crippen molar-refractivity contribution in [1.29, 1.82) is 0 Å². The summed E-state index contributed by atoms with van der Waals surface area (Å²) in [6, 6.07) is 9.50. The topological polar surface area (TPSA) is 111 Å². The fourth-order valence-corrected chi connectivity index (χ4v) is 3.21. The predicted molar refractivity (Wildman–Crippen MR) is 114 cm³/mol. The van der Waals surface area contributed by atoms with Crippen LogP contribution in [-0.4, -0.2) is 30.6 Å². The molecule has 0 aliphatic carbocycles. The number of carbonyl (C=O) groups excluding carboxylic acids is 1. The number of nitrogens with one attached hydrogen (secondary N) is 2. The van der Waals surface area contributed by atoms with Crippen LogP contribution in [0.5, 0.6) is 0 Å². The first-order valence-corrected chi connectivity index (χ1v) is 9.86. The number of nitrogens with zero attached hydrogens (tertiary/aromatic N) is 5. The first-order chi connectivity index (χ1) is 14.5. The van der Waals surface area contributed by atoms with Gasteiger partial charge in [0.15, 0.2) is 0 Å². The third-order valence-corrected chi connectivity index (χ3v) is 4.81. The van der Waals surface area contributed by atoms with Gasteiger partial charge in [-0.2, -0.15) is 5.10 Å². The Bertz CT molecular complexity index is 1200. The van der Waals surface area contributed by atoms with E-state index >= 15 is 0 Å². The van der Waals surface area contributed by atoms with Crippen LogP contribution in [0.15, 0.2) is 57.9 Å². The quantitative estimate of drug-likeness (QED) is 0.445. The van der Waals surface area contributed by atoms with Crippen LogP contribution >= 0.6 is 15.9 Å². The number of benzene rings is 1. The molecule has 30 heavy (non-hydrogen) atoms. The highest BCUT2D eigenvalue weighted by Gasteiger charge is 2.17. The standard InChI is InChI=1S/C20H18BrN7O2/c1-12-9-23-20(26-16-6-7-24-28(16)2)27-17(12)15-11-30-19(25-15)18(29)22-10-13-4-3-5-14(21)8-13/h3-9,11H,10H2,1-2H3,(H,22,29)(H,23,26,27). The Morgan fingerprint density at radius 3 is 2.90 bits per heavy atom. The van der Waals surface area contributed by atoms with E-state index in [4.69, 9.17) is 4.42 Å². The lowest BCUT2D eigenvalue weighted by Gasteiger charge is -2.07. The maximum Gasteiger partial charge on any atom is 0.307 e. The number of amides is 1. The Morgan fingerprint density at radius 1 is 1.27 bits per heavy atom. The molecule has 1 amide bonds. The number of carbonyl (C=O) groups is 1. The smallest absolute Gasteiger partial charge is 0.307 e. The average Bonchev–Trinajstić information content (AvgIpc) is 3.37. The summed E-state index contributed by atoms with van der Waals surface area (Å²) >= 11 is 3.41. The van der Waals surface area contributed by atoms with Crippen molar-refractivity contribution in [1.82, 2.24) is 30.0 Å². The van der Waals surface area contributed by atoms with Crippen molar-refractivity contribution in [2.75, 3.05) is 5.32 Å². The molecule has 0 unspecified atom stereocenters. The van der Waals surface area contributed by atoms with Gasteiger partial charge in [0, 0.05) is 30.3 Å². The van der Waals surface area contributed by atoms with Crippen LogP contribution in [0, 0.1) is 6.92 Å². The highest BCUT2D eigenvalue weighted by molar-refractivity contribution is 9.10. The fourth-order valence-electron chi connectivity index (χ4n) is 2.76. The van der Waals surface area contributed by atoms with Crippen molar-refractivity contribution in [3.8, 4) is 11.4 Å². The average molecular weight is 468 g/mol. The zero-order valence-corrected chi connectivity index (χ0v) is 17.8. The van der Waals surface area contributed by atoms with Crippen LogP contribution < -0.4 is 10.6 Å². The van der Waals surface area contributed by atoms with Gasteiger partial charge in [0.1, 0.15) is 23.5 Å². The first-order valence-electron chi connectivity index (χ1n) is 9.07. The Balaban J connectivity index is 1.49. The van der Waals surface area contributed by atoms with Gasteiger partial charge in [-0.1, -0.05) is 28.1 Å². The van der Waals surface area contributed by atoms with Gasteiger partial charge in [-0.25, -0.2) is 15.0 Å². The van der Waals surface area contributed by atoms with Crippen molar-refractivity contribution < 1.29 is 9.21 Å². The van der Waals surface area contributed by atoms with Crippen molar-refractivity contribution in [2.24, 2.45) is 7.05 Å². The number of anilines is 2. The summed E-state index contributed by atoms with van der Waals surface area (Å²) in [4.78, 5) is 25.5. The molecule has 0 aliphatic rings. The van der Waals surface area contributed by atoms with E-state index in [1.807, 2.05) is 44.3 Å². The molecular weight excluding hydrogens is 450 g/mol. The molecule has 0 radical (unpaired) electrons. The van der Waals surface area contributed by atoms with E-state index in [0.717, 1.165) is 21.4 Å². The lowest BCUT2D eigenvalue weighted by atomic mass is 10.2. The Kier molecular flexibility index (Phi) is 5.57. The van der Waals surface area contributed by atoms with Gasteiger partial charge in [-0.05, 0) is 30.2 Å². The van der Waals surface area contributed by atoms with Gasteiger partial charge >= 0.3 is 5.91 Å². The maximum atomic E-state index is 12.4. The molecule has 3 heterocycles. The molecule has 0 spiro atoms. The van der Waals surface area contributed by atoms with E-state index in [1.165, 1.54) is 6.26 Å². The molecule has 2 N–H and O–H groups in total. The van der Waals surface area contributed by atoms with Gasteiger partial charge in [0.05, 0.1) is 6.20 Å². The molecule has 10 heteroatoms. The number of halogens is 1. The summed E-state index contributed by atoms with van der Waals surface area (Å²) in [5.74, 6) is 0.709. The highest BCUT2D eigenvalue weighted by atomic mass is 79.9. The van der Waals surface area contributed by atoms with Crippen LogP contribution in [0.25, 0.3) is 11.4 Å². The first kappa shape index (κ1) is 19.8. The largest absolute Gasteiger partial charge is 0.440 e. The number of oxazole rings is 1. The number of hydrogen-bond acceptors (Lipinski definition) is 7. The summed E-state index contributed by atoms with van der Waals surface area (Å²) < 4.78 is 8.01. The van der Waals surface area contributed by atoms with Gasteiger partial charge in [-0.3, -0.25) is 9.48 Å². The summed E-state index contributed by atoms with van der Waals surface area (Å²) in [5.41, 5.74) is 2.79. The van der Waals surface area contributed by atoms with E-state index in [0.29, 0.717) is 23.9 Å².